The molecule has 0 radical (unpaired) electrons. The van der Waals surface area contributed by atoms with Crippen molar-refractivity contribution in [3.8, 4) is 0 Å². The van der Waals surface area contributed by atoms with Gasteiger partial charge in [0.2, 0.25) is 0 Å². The summed E-state index contributed by atoms with van der Waals surface area (Å²) in [6, 6.07) is 0. The van der Waals surface area contributed by atoms with Crippen LogP contribution in [0.2, 0.25) is 26.2 Å². The molecule has 0 bridgehead atoms. The second-order valence-corrected chi connectivity index (χ2v) is 17.6. The molecule has 1 saturated heterocycles. The molecule has 0 unspecified atom stereocenters. The molecule has 0 aliphatic carbocycles. The van der Waals surface area contributed by atoms with E-state index in [1.165, 1.54) is 0 Å². The zero-order valence-electron chi connectivity index (χ0n) is 12.0. The first-order valence-electron chi connectivity index (χ1n) is 5.79. The third-order valence-electron chi connectivity index (χ3n) is 2.16. The van der Waals surface area contributed by atoms with Gasteiger partial charge in [0.1, 0.15) is 0 Å². The summed E-state index contributed by atoms with van der Waals surface area (Å²) in [7, 11) is -7.86. The Kier molecular flexibility index (Phi) is 8.42. The van der Waals surface area contributed by atoms with Crippen molar-refractivity contribution in [3.63, 3.8) is 0 Å². The molecule has 113 valence electrons. The zero-order valence-corrected chi connectivity index (χ0v) is 18.7. The molecule has 0 aromatic rings. The van der Waals surface area contributed by atoms with Crippen LogP contribution in [0.15, 0.2) is 35.6 Å². The van der Waals surface area contributed by atoms with Gasteiger partial charge in [-0.05, 0) is 37.6 Å². The van der Waals surface area contributed by atoms with Crippen molar-refractivity contribution in [2.75, 3.05) is 0 Å². The van der Waals surface area contributed by atoms with Crippen molar-refractivity contribution in [1.82, 2.24) is 0 Å². The van der Waals surface area contributed by atoms with Crippen molar-refractivity contribution >= 4 is 35.7 Å². The fourth-order valence-electron chi connectivity index (χ4n) is 1.60. The first-order valence-corrected chi connectivity index (χ1v) is 15.9. The van der Waals surface area contributed by atoms with Gasteiger partial charge in [-0.1, -0.05) is 0 Å². The van der Waals surface area contributed by atoms with E-state index < -0.39 is 35.7 Å². The predicted molar refractivity (Wildman–Crippen MR) is 84.2 cm³/mol. The summed E-state index contributed by atoms with van der Waals surface area (Å²) < 4.78 is 25.5. The molecule has 1 heterocycles. The van der Waals surface area contributed by atoms with Crippen LogP contribution in [0.3, 0.4) is 0 Å². The fourth-order valence-corrected chi connectivity index (χ4v) is 15.9. The van der Waals surface area contributed by atoms with Crippen LogP contribution in [0.4, 0.5) is 0 Å². The van der Waals surface area contributed by atoms with Crippen LogP contribution < -0.4 is 0 Å². The Balaban J connectivity index is 0.000000982. The van der Waals surface area contributed by atoms with E-state index in [9.17, 15) is 0 Å². The van der Waals surface area contributed by atoms with E-state index in [1.54, 1.807) is 15.9 Å². The summed E-state index contributed by atoms with van der Waals surface area (Å²) in [6.45, 7) is 19.0. The summed E-state index contributed by atoms with van der Waals surface area (Å²) in [6.07, 6.45) is 0. The molecule has 4 nitrogen and oxygen atoms in total. The van der Waals surface area contributed by atoms with Gasteiger partial charge in [-0.3, -0.25) is 0 Å². The van der Waals surface area contributed by atoms with Crippen molar-refractivity contribution in [2.24, 2.45) is 0 Å². The van der Waals surface area contributed by atoms with E-state index in [1.807, 2.05) is 46.0 Å². The predicted octanol–water partition coefficient (Wildman–Crippen LogP) is 2.04. The molecule has 1 rings (SSSR count). The van der Waals surface area contributed by atoms with Crippen LogP contribution in [-0.2, 0) is 36.3 Å². The van der Waals surface area contributed by atoms with Crippen LogP contribution in [0, 0.1) is 0 Å². The SMILES string of the molecule is C=C[Si]1(C=C)O[SiH2]O[Si](C)(C)O[Si](C)(C)O1.C=[CH][Pt]. The Hall–Kier alpha value is 0.616. The Bertz CT molecular complexity index is 327. The molecule has 1 fully saturated rings. The van der Waals surface area contributed by atoms with E-state index >= 15 is 0 Å². The molecular formula is C10H23O4PtSi4. The summed E-state index contributed by atoms with van der Waals surface area (Å²) in [4.78, 5) is 0. The maximum absolute atomic E-state index is 6.09. The first kappa shape index (κ1) is 19.6. The summed E-state index contributed by atoms with van der Waals surface area (Å²) in [5.41, 5.74) is 3.49. The van der Waals surface area contributed by atoms with Crippen LogP contribution >= 0.6 is 0 Å². The minimum atomic E-state index is -2.49. The van der Waals surface area contributed by atoms with Crippen molar-refractivity contribution in [3.05, 3.63) is 35.6 Å². The number of rotatable bonds is 2. The molecule has 1 aliphatic rings. The van der Waals surface area contributed by atoms with E-state index in [-0.39, 0.29) is 0 Å². The van der Waals surface area contributed by atoms with Crippen molar-refractivity contribution in [2.45, 2.75) is 26.2 Å². The van der Waals surface area contributed by atoms with Gasteiger partial charge in [-0.25, -0.2) is 0 Å². The second kappa shape index (κ2) is 8.15. The topological polar surface area (TPSA) is 36.9 Å². The second-order valence-electron chi connectivity index (χ2n) is 4.67. The van der Waals surface area contributed by atoms with Gasteiger partial charge in [-0.15, -0.1) is 13.2 Å². The minimum absolute atomic E-state index is 1.07. The summed E-state index contributed by atoms with van der Waals surface area (Å²) >= 11 is 2.04. The molecule has 0 spiro atoms. The average molecular weight is 515 g/mol. The van der Waals surface area contributed by atoms with E-state index in [2.05, 4.69) is 19.7 Å². The molecular weight excluding hydrogens is 492 g/mol. The molecule has 0 saturated carbocycles. The molecule has 19 heavy (non-hydrogen) atoms. The maximum atomic E-state index is 6.09. The van der Waals surface area contributed by atoms with E-state index in [0.29, 0.717) is 0 Å². The summed E-state index contributed by atoms with van der Waals surface area (Å²) in [5.74, 6) is 0. The quantitative estimate of drug-likeness (QED) is 0.529. The Morgan fingerprint density at radius 1 is 0.895 bits per heavy atom. The first-order chi connectivity index (χ1) is 8.66. The molecule has 0 amide bonds. The third-order valence-corrected chi connectivity index (χ3v) is 16.0. The van der Waals surface area contributed by atoms with E-state index in [4.69, 9.17) is 16.5 Å². The monoisotopic (exact) mass is 514 g/mol. The van der Waals surface area contributed by atoms with Gasteiger partial charge in [-0.2, -0.15) is 0 Å². The van der Waals surface area contributed by atoms with Gasteiger partial charge >= 0.3 is 56.5 Å². The summed E-state index contributed by atoms with van der Waals surface area (Å²) in [5, 5.41) is 0. The average Bonchev–Trinajstić information content (AvgIpc) is 2.25. The molecule has 0 aromatic carbocycles. The Labute approximate surface area is 133 Å². The molecule has 1 aliphatic heterocycles. The Morgan fingerprint density at radius 3 is 1.79 bits per heavy atom. The van der Waals surface area contributed by atoms with Crippen LogP contribution in [0.5, 0.6) is 0 Å². The van der Waals surface area contributed by atoms with Crippen LogP contribution in [-0.4, -0.2) is 35.7 Å². The van der Waals surface area contributed by atoms with E-state index in [0.717, 1.165) is 0 Å². The number of hydrogen-bond acceptors (Lipinski definition) is 4. The molecule has 9 heteroatoms. The van der Waals surface area contributed by atoms with Gasteiger partial charge < -0.3 is 16.5 Å². The standard InChI is InChI=1S/C8H20O4Si4.C2H3.Pt/c1-7-16(8-2)10-13-9-14(3,4)11-15(5,6)12-16;1-2;/h7-8H,1-2,13H2,3-6H3;1H,2H2;. The van der Waals surface area contributed by atoms with Gasteiger partial charge in [0.05, 0.1) is 0 Å². The molecule has 0 aromatic heterocycles. The van der Waals surface area contributed by atoms with Gasteiger partial charge in [0, 0.05) is 0 Å². The molecule has 0 N–H and O–H groups in total. The van der Waals surface area contributed by atoms with Crippen LogP contribution in [0.25, 0.3) is 0 Å². The molecule has 0 atom stereocenters. The zero-order chi connectivity index (χ0) is 15.2. The Morgan fingerprint density at radius 2 is 1.37 bits per heavy atom. The van der Waals surface area contributed by atoms with Gasteiger partial charge in [0.15, 0.2) is 0 Å². The normalized spacial score (nSPS) is 25.2. The fraction of sp³-hybridized carbons (Fsp3) is 0.400. The van der Waals surface area contributed by atoms with Crippen molar-refractivity contribution < 1.29 is 36.3 Å². The third kappa shape index (κ3) is 7.26. The number of hydrogen-bond donors (Lipinski definition) is 0. The van der Waals surface area contributed by atoms with Crippen molar-refractivity contribution in [1.29, 1.82) is 0 Å². The van der Waals surface area contributed by atoms with Crippen LogP contribution in [0.1, 0.15) is 0 Å². The van der Waals surface area contributed by atoms with Gasteiger partial charge in [0.25, 0.3) is 10.0 Å².